The number of piperazine rings is 1. The Hall–Kier alpha value is -4.15. The van der Waals surface area contributed by atoms with E-state index in [1.165, 1.54) is 29.0 Å². The zero-order valence-electron chi connectivity index (χ0n) is 25.0. The zero-order chi connectivity index (χ0) is 30.7. The summed E-state index contributed by atoms with van der Waals surface area (Å²) in [7, 11) is 3.37. The minimum absolute atomic E-state index is 0.165. The minimum Gasteiger partial charge on any atom is -0.496 e. The van der Waals surface area contributed by atoms with Crippen LogP contribution < -0.4 is 9.64 Å². The highest BCUT2D eigenvalue weighted by Crippen LogP contribution is 2.41. The lowest BCUT2D eigenvalue weighted by molar-refractivity contribution is -0.146. The fourth-order valence-corrected chi connectivity index (χ4v) is 6.30. The van der Waals surface area contributed by atoms with E-state index in [9.17, 15) is 23.6 Å². The number of hydrogen-bond donors (Lipinski definition) is 0. The Bertz CT molecular complexity index is 1370. The Balaban J connectivity index is 1.26. The summed E-state index contributed by atoms with van der Waals surface area (Å²) in [6.45, 7) is 4.61. The van der Waals surface area contributed by atoms with Crippen LogP contribution in [0.1, 0.15) is 47.2 Å². The van der Waals surface area contributed by atoms with Crippen molar-refractivity contribution in [3.8, 4) is 5.75 Å². The van der Waals surface area contributed by atoms with E-state index in [4.69, 9.17) is 9.47 Å². The van der Waals surface area contributed by atoms with Crippen LogP contribution in [0.3, 0.4) is 0 Å². The molecule has 43 heavy (non-hydrogen) atoms. The van der Waals surface area contributed by atoms with Gasteiger partial charge in [0.15, 0.2) is 0 Å². The highest BCUT2D eigenvalue weighted by Gasteiger charge is 2.40. The van der Waals surface area contributed by atoms with Gasteiger partial charge in [-0.25, -0.2) is 9.18 Å². The van der Waals surface area contributed by atoms with Crippen LogP contribution in [0.2, 0.25) is 0 Å². The molecule has 1 atom stereocenters. The first-order chi connectivity index (χ1) is 20.7. The topological polar surface area (TPSA) is 99.7 Å². The van der Waals surface area contributed by atoms with Gasteiger partial charge in [0.25, 0.3) is 11.8 Å². The smallest absolute Gasteiger partial charge is 0.409 e. The first-order valence-corrected chi connectivity index (χ1v) is 14.9. The van der Waals surface area contributed by atoms with Gasteiger partial charge < -0.3 is 29.1 Å². The van der Waals surface area contributed by atoms with E-state index in [0.29, 0.717) is 55.5 Å². The summed E-state index contributed by atoms with van der Waals surface area (Å²) in [5, 5.41) is 0. The van der Waals surface area contributed by atoms with E-state index in [2.05, 4.69) is 0 Å². The minimum atomic E-state index is -0.713. The molecule has 3 aliphatic heterocycles. The predicted molar refractivity (Wildman–Crippen MR) is 158 cm³/mol. The Morgan fingerprint density at radius 3 is 2.19 bits per heavy atom. The van der Waals surface area contributed by atoms with Gasteiger partial charge in [0.1, 0.15) is 11.6 Å². The molecule has 0 bridgehead atoms. The summed E-state index contributed by atoms with van der Waals surface area (Å²) >= 11 is 0. The SMILES string of the molecule is CCOC(=O)N1CCN(C(=O)C(=O)C2CN(C)c3cc(OC)c(C(=O)N4CCC(Cc5ccc(F)cc5)CC4)cc32)CC1. The second-order valence-corrected chi connectivity index (χ2v) is 11.5. The van der Waals surface area contributed by atoms with Crippen LogP contribution in [0.25, 0.3) is 0 Å². The molecule has 0 N–H and O–H groups in total. The first kappa shape index (κ1) is 30.3. The third kappa shape index (κ3) is 6.45. The largest absolute Gasteiger partial charge is 0.496 e. The molecule has 10 nitrogen and oxygen atoms in total. The Morgan fingerprint density at radius 1 is 0.907 bits per heavy atom. The number of likely N-dealkylation sites (N-methyl/N-ethyl adjacent to an activating group) is 1. The summed E-state index contributed by atoms with van der Waals surface area (Å²) in [6.07, 6.45) is 2.08. The average molecular weight is 595 g/mol. The molecule has 5 rings (SSSR count). The lowest BCUT2D eigenvalue weighted by Gasteiger charge is -2.34. The van der Waals surface area contributed by atoms with Crippen molar-refractivity contribution < 1.29 is 33.0 Å². The molecule has 2 fully saturated rings. The lowest BCUT2D eigenvalue weighted by atomic mass is 9.89. The number of ether oxygens (including phenoxy) is 2. The zero-order valence-corrected chi connectivity index (χ0v) is 25.0. The number of methoxy groups -OCH3 is 1. The number of Topliss-reactive ketones (excluding diaryl/α,β-unsaturated/α-hetero) is 1. The van der Waals surface area contributed by atoms with E-state index in [1.807, 2.05) is 29.0 Å². The maximum atomic E-state index is 13.7. The third-order valence-corrected chi connectivity index (χ3v) is 8.78. The molecule has 3 aliphatic rings. The van der Waals surface area contributed by atoms with Crippen LogP contribution in [0.4, 0.5) is 14.9 Å². The molecule has 2 saturated heterocycles. The molecule has 2 aromatic carbocycles. The van der Waals surface area contributed by atoms with E-state index in [-0.39, 0.29) is 31.4 Å². The van der Waals surface area contributed by atoms with Crippen molar-refractivity contribution in [3.63, 3.8) is 0 Å². The molecule has 0 aromatic heterocycles. The average Bonchev–Trinajstić information content (AvgIpc) is 3.36. The third-order valence-electron chi connectivity index (χ3n) is 8.78. The second-order valence-electron chi connectivity index (χ2n) is 11.5. The van der Waals surface area contributed by atoms with Crippen LogP contribution in [-0.4, -0.2) is 105 Å². The highest BCUT2D eigenvalue weighted by atomic mass is 19.1. The number of hydrogen-bond acceptors (Lipinski definition) is 7. The maximum Gasteiger partial charge on any atom is 0.409 e. The van der Waals surface area contributed by atoms with E-state index in [1.54, 1.807) is 19.1 Å². The monoisotopic (exact) mass is 594 g/mol. The van der Waals surface area contributed by atoms with E-state index < -0.39 is 23.7 Å². The number of ketones is 1. The Kier molecular flexibility index (Phi) is 9.17. The van der Waals surface area contributed by atoms with Crippen molar-refractivity contribution in [2.75, 3.05) is 71.5 Å². The van der Waals surface area contributed by atoms with Gasteiger partial charge in [-0.2, -0.15) is 0 Å². The molecule has 0 saturated carbocycles. The van der Waals surface area contributed by atoms with Crippen molar-refractivity contribution >= 4 is 29.4 Å². The van der Waals surface area contributed by atoms with Crippen LogP contribution in [0.5, 0.6) is 5.75 Å². The number of nitrogens with zero attached hydrogens (tertiary/aromatic N) is 4. The van der Waals surface area contributed by atoms with Gasteiger partial charge in [0.05, 0.1) is 25.2 Å². The van der Waals surface area contributed by atoms with Gasteiger partial charge in [-0.1, -0.05) is 12.1 Å². The summed E-state index contributed by atoms with van der Waals surface area (Å²) in [4.78, 5) is 59.3. The van der Waals surface area contributed by atoms with Crippen molar-refractivity contribution in [1.29, 1.82) is 0 Å². The molecule has 0 radical (unpaired) electrons. The Morgan fingerprint density at radius 2 is 1.56 bits per heavy atom. The molecule has 0 aliphatic carbocycles. The van der Waals surface area contributed by atoms with E-state index >= 15 is 0 Å². The number of fused-ring (bicyclic) bond motifs is 1. The lowest BCUT2D eigenvalue weighted by Crippen LogP contribution is -2.53. The number of rotatable bonds is 7. The molecule has 3 amide bonds. The fourth-order valence-electron chi connectivity index (χ4n) is 6.30. The van der Waals surface area contributed by atoms with Gasteiger partial charge in [-0.05, 0) is 61.4 Å². The molecule has 0 spiro atoms. The van der Waals surface area contributed by atoms with Crippen molar-refractivity contribution in [2.24, 2.45) is 5.92 Å². The van der Waals surface area contributed by atoms with Gasteiger partial charge >= 0.3 is 6.09 Å². The molecular formula is C32H39FN4O6. The summed E-state index contributed by atoms with van der Waals surface area (Å²) in [5.41, 5.74) is 2.86. The number of carbonyl (C=O) groups is 4. The standard InChI is InChI=1S/C32H39FN4O6/c1-4-43-32(41)37-15-13-36(14-16-37)31(40)29(38)26-20-34(2)27-19-28(42-3)25(18-24(26)27)30(39)35-11-9-22(10-12-35)17-21-5-7-23(33)8-6-21/h5-8,18-19,22,26H,4,9-17,20H2,1-3H3. The Labute approximate surface area is 251 Å². The maximum absolute atomic E-state index is 13.7. The fraction of sp³-hybridized carbons (Fsp3) is 0.500. The normalized spacial score (nSPS) is 18.8. The van der Waals surface area contributed by atoms with Gasteiger partial charge in [-0.3, -0.25) is 14.4 Å². The summed E-state index contributed by atoms with van der Waals surface area (Å²) in [6, 6.07) is 10.1. The van der Waals surface area contributed by atoms with E-state index in [0.717, 1.165) is 30.5 Å². The molecule has 230 valence electrons. The number of halogens is 1. The molecule has 1 unspecified atom stereocenters. The van der Waals surface area contributed by atoms with Crippen molar-refractivity contribution in [3.05, 3.63) is 58.9 Å². The van der Waals surface area contributed by atoms with Crippen molar-refractivity contribution in [1.82, 2.24) is 14.7 Å². The highest BCUT2D eigenvalue weighted by molar-refractivity contribution is 6.38. The number of likely N-dealkylation sites (tertiary alicyclic amines) is 1. The number of benzene rings is 2. The number of anilines is 1. The van der Waals surface area contributed by atoms with Gasteiger partial charge in [0.2, 0.25) is 5.78 Å². The molecule has 11 heteroatoms. The molecular weight excluding hydrogens is 555 g/mol. The van der Waals surface area contributed by atoms with Crippen LogP contribution in [0, 0.1) is 11.7 Å². The van der Waals surface area contributed by atoms with Crippen molar-refractivity contribution in [2.45, 2.75) is 32.1 Å². The van der Waals surface area contributed by atoms with Gasteiger partial charge in [0, 0.05) is 64.6 Å². The molecule has 2 aromatic rings. The number of amides is 3. The quantitative estimate of drug-likeness (QED) is 0.454. The van der Waals surface area contributed by atoms with Gasteiger partial charge in [-0.15, -0.1) is 0 Å². The van der Waals surface area contributed by atoms with Crippen LogP contribution >= 0.6 is 0 Å². The second kappa shape index (κ2) is 13.0. The number of piperidine rings is 1. The summed E-state index contributed by atoms with van der Waals surface area (Å²) < 4.78 is 23.9. The first-order valence-electron chi connectivity index (χ1n) is 14.9. The predicted octanol–water partition coefficient (Wildman–Crippen LogP) is 3.33. The molecule has 3 heterocycles. The van der Waals surface area contributed by atoms with Crippen LogP contribution in [0.15, 0.2) is 36.4 Å². The number of carbonyl (C=O) groups excluding carboxylic acids is 4. The van der Waals surface area contributed by atoms with Crippen LogP contribution in [-0.2, 0) is 20.7 Å². The summed E-state index contributed by atoms with van der Waals surface area (Å²) in [5.74, 6) is -1.41.